The molecule has 4 aromatic rings. The van der Waals surface area contributed by atoms with Crippen molar-refractivity contribution >= 4 is 0 Å². The van der Waals surface area contributed by atoms with E-state index in [-0.39, 0.29) is 0 Å². The van der Waals surface area contributed by atoms with Crippen LogP contribution in [0.25, 0.3) is 0 Å². The van der Waals surface area contributed by atoms with E-state index in [1.807, 2.05) is 75.3 Å². The van der Waals surface area contributed by atoms with E-state index < -0.39 is 0 Å². The summed E-state index contributed by atoms with van der Waals surface area (Å²) in [5.41, 5.74) is 1.02. The minimum absolute atomic E-state index is 0.407. The van der Waals surface area contributed by atoms with E-state index in [4.69, 9.17) is 17.8 Å². The number of hydrogen-bond donors (Lipinski definition) is 0. The molecule has 0 radical (unpaired) electrons. The van der Waals surface area contributed by atoms with Crippen molar-refractivity contribution in [2.24, 2.45) is 0 Å². The van der Waals surface area contributed by atoms with Crippen molar-refractivity contribution < 1.29 is 17.8 Å². The molecule has 4 rings (SSSR count). The van der Waals surface area contributed by atoms with Gasteiger partial charge in [0.2, 0.25) is 0 Å². The molecule has 40 heavy (non-hydrogen) atoms. The molecule has 0 bridgehead atoms. The van der Waals surface area contributed by atoms with Crippen molar-refractivity contribution in [3.05, 3.63) is 73.1 Å². The van der Waals surface area contributed by atoms with Crippen LogP contribution in [-0.4, -0.2) is 20.1 Å². The number of aromatic nitrogens is 4. The number of oxazole rings is 3. The summed E-state index contributed by atoms with van der Waals surface area (Å²) >= 11 is 0. The van der Waals surface area contributed by atoms with Crippen LogP contribution in [0.2, 0.25) is 0 Å². The fourth-order valence-electron chi connectivity index (χ4n) is 2.06. The van der Waals surface area contributed by atoms with Gasteiger partial charge >= 0.3 is 0 Å². The summed E-state index contributed by atoms with van der Waals surface area (Å²) in [7, 11) is 0. The number of hydrogen-bond acceptors (Lipinski definition) is 8. The lowest BCUT2D eigenvalue weighted by Gasteiger charge is -1.93. The summed E-state index contributed by atoms with van der Waals surface area (Å²) in [6.07, 6.45) is 11.2. The quantitative estimate of drug-likeness (QED) is 0.241. The van der Waals surface area contributed by atoms with E-state index in [2.05, 4.69) is 61.7 Å². The van der Waals surface area contributed by atoms with Crippen molar-refractivity contribution in [1.29, 1.82) is 0 Å². The van der Waals surface area contributed by atoms with Crippen molar-refractivity contribution in [2.45, 2.75) is 134 Å². The monoisotopic (exact) mass is 564 g/mol. The van der Waals surface area contributed by atoms with E-state index >= 15 is 0 Å². The van der Waals surface area contributed by atoms with E-state index in [1.54, 1.807) is 31.1 Å². The molecular weight excluding hydrogens is 504 g/mol. The van der Waals surface area contributed by atoms with Crippen LogP contribution in [0.3, 0.4) is 0 Å². The molecule has 0 unspecified atom stereocenters. The third-order valence-corrected chi connectivity index (χ3v) is 4.04. The Morgan fingerprint density at radius 1 is 0.600 bits per heavy atom. The highest BCUT2D eigenvalue weighted by Crippen LogP contribution is 2.12. The molecule has 8 nitrogen and oxygen atoms in total. The Morgan fingerprint density at radius 3 is 1.38 bits per heavy atom. The van der Waals surface area contributed by atoms with Gasteiger partial charge in [0.15, 0.2) is 18.7 Å². The lowest BCUT2D eigenvalue weighted by Crippen LogP contribution is -1.83. The van der Waals surface area contributed by atoms with Crippen LogP contribution in [-0.2, 0) is 0 Å². The first-order valence-electron chi connectivity index (χ1n) is 14.8. The molecule has 0 aliphatic heterocycles. The average Bonchev–Trinajstić information content (AvgIpc) is 3.81. The normalized spacial score (nSPS) is 8.90. The molecule has 0 aromatic carbocycles. The van der Waals surface area contributed by atoms with Crippen LogP contribution in [0.4, 0.5) is 0 Å². The molecule has 0 aliphatic carbocycles. The van der Waals surface area contributed by atoms with Crippen molar-refractivity contribution in [2.75, 3.05) is 0 Å². The molecule has 0 atom stereocenters. The van der Waals surface area contributed by atoms with E-state index in [0.29, 0.717) is 23.7 Å². The van der Waals surface area contributed by atoms with Crippen molar-refractivity contribution in [1.82, 2.24) is 20.1 Å². The zero-order chi connectivity index (χ0) is 31.9. The lowest BCUT2D eigenvalue weighted by molar-refractivity contribution is 0.371. The van der Waals surface area contributed by atoms with Crippen LogP contribution in [0, 0.1) is 0 Å². The van der Waals surface area contributed by atoms with Crippen LogP contribution in [0.1, 0.15) is 158 Å². The second-order valence-corrected chi connectivity index (χ2v) is 8.22. The predicted molar refractivity (Wildman–Crippen MR) is 168 cm³/mol. The van der Waals surface area contributed by atoms with Crippen LogP contribution < -0.4 is 0 Å². The van der Waals surface area contributed by atoms with Gasteiger partial charge in [-0.05, 0) is 5.92 Å². The largest absolute Gasteiger partial charge is 0.451 e. The third kappa shape index (κ3) is 23.9. The Bertz CT molecular complexity index is 730. The number of nitrogens with zero attached hydrogens (tertiary/aromatic N) is 4. The van der Waals surface area contributed by atoms with E-state index in [1.165, 1.54) is 12.8 Å². The highest BCUT2D eigenvalue weighted by Gasteiger charge is 2.01. The SMILES string of the molecule is CC.CC.CC.CC.CC(C)c1ccno1.CC(C)c1cnco1.CC(C)c1cocn1.CC(C)c1ncco1. The van der Waals surface area contributed by atoms with Gasteiger partial charge < -0.3 is 17.8 Å². The maximum atomic E-state index is 4.98. The van der Waals surface area contributed by atoms with Gasteiger partial charge in [-0.1, -0.05) is 116 Å². The summed E-state index contributed by atoms with van der Waals surface area (Å²) in [6, 6.07) is 1.88. The first-order valence-corrected chi connectivity index (χ1v) is 14.8. The maximum absolute atomic E-state index is 4.98. The first-order chi connectivity index (χ1) is 19.2. The minimum atomic E-state index is 0.407. The van der Waals surface area contributed by atoms with Gasteiger partial charge in [-0.2, -0.15) is 0 Å². The standard InChI is InChI=1S/4C6H9NO.4C2H6/c1-5(2)6-3-8-4-7-6;1-5(2)6-3-7-4-8-6;1-5(2)6-7-3-4-8-6;1-5(2)6-3-4-7-8-6;4*1-2/h4*3-5H,1-2H3;4*1-2H3. The molecule has 4 aromatic heterocycles. The van der Waals surface area contributed by atoms with Gasteiger partial charge in [0.1, 0.15) is 24.0 Å². The Balaban J connectivity index is -0.000000199. The second kappa shape index (κ2) is 32.1. The van der Waals surface area contributed by atoms with Crippen molar-refractivity contribution in [3.8, 4) is 0 Å². The molecule has 0 saturated heterocycles. The Hall–Kier alpha value is -3.16. The molecule has 0 aliphatic rings. The molecule has 0 amide bonds. The van der Waals surface area contributed by atoms with Gasteiger partial charge in [0, 0.05) is 23.8 Å². The fourth-order valence-corrected chi connectivity index (χ4v) is 2.06. The van der Waals surface area contributed by atoms with Crippen molar-refractivity contribution in [3.63, 3.8) is 0 Å². The third-order valence-electron chi connectivity index (χ3n) is 4.04. The topological polar surface area (TPSA) is 104 Å². The summed E-state index contributed by atoms with van der Waals surface area (Å²) in [4.78, 5) is 11.7. The first kappa shape index (κ1) is 43.9. The molecule has 0 fully saturated rings. The van der Waals surface area contributed by atoms with Crippen LogP contribution in [0.15, 0.2) is 67.7 Å². The van der Waals surface area contributed by atoms with Gasteiger partial charge in [0.25, 0.3) is 0 Å². The molecule has 0 spiro atoms. The highest BCUT2D eigenvalue weighted by atomic mass is 16.5. The Morgan fingerprint density at radius 2 is 1.18 bits per heavy atom. The number of rotatable bonds is 4. The summed E-state index contributed by atoms with van der Waals surface area (Å²) in [5.74, 6) is 4.51. The molecular formula is C32H60N4O4. The Kier molecular flexibility index (Phi) is 35.2. The molecule has 0 saturated carbocycles. The highest BCUT2D eigenvalue weighted by molar-refractivity contribution is 4.98. The smallest absolute Gasteiger partial charge is 0.196 e. The fraction of sp³-hybridized carbons (Fsp3) is 0.625. The molecule has 232 valence electrons. The van der Waals surface area contributed by atoms with Crippen LogP contribution in [0.5, 0.6) is 0 Å². The van der Waals surface area contributed by atoms with Crippen LogP contribution >= 0.6 is 0 Å². The van der Waals surface area contributed by atoms with Gasteiger partial charge in [-0.15, -0.1) is 0 Å². The lowest BCUT2D eigenvalue weighted by atomic mass is 10.2. The zero-order valence-electron chi connectivity index (χ0n) is 28.4. The van der Waals surface area contributed by atoms with Gasteiger partial charge in [-0.25, -0.2) is 15.0 Å². The van der Waals surface area contributed by atoms with Gasteiger partial charge in [-0.3, -0.25) is 0 Å². The summed E-state index contributed by atoms with van der Waals surface area (Å²) in [6.45, 7) is 32.5. The zero-order valence-corrected chi connectivity index (χ0v) is 28.4. The summed E-state index contributed by atoms with van der Waals surface area (Å²) in [5, 5.41) is 3.57. The second-order valence-electron chi connectivity index (χ2n) is 8.22. The van der Waals surface area contributed by atoms with Gasteiger partial charge in [0.05, 0.1) is 24.3 Å². The van der Waals surface area contributed by atoms with E-state index in [9.17, 15) is 0 Å². The maximum Gasteiger partial charge on any atom is 0.196 e. The average molecular weight is 565 g/mol. The minimum Gasteiger partial charge on any atom is -0.451 e. The summed E-state index contributed by atoms with van der Waals surface area (Å²) < 4.78 is 19.6. The Labute approximate surface area is 245 Å². The predicted octanol–water partition coefficient (Wildman–Crippen LogP) is 11.3. The molecule has 0 N–H and O–H groups in total. The molecule has 4 heterocycles. The van der Waals surface area contributed by atoms with E-state index in [0.717, 1.165) is 23.1 Å². The molecule has 8 heteroatoms.